The molecule has 1 rings (SSSR count). The van der Waals surface area contributed by atoms with Crippen molar-refractivity contribution in [2.45, 2.75) is 31.2 Å². The minimum atomic E-state index is -1.08. The lowest BCUT2D eigenvalue weighted by molar-refractivity contribution is -0.120. The van der Waals surface area contributed by atoms with Gasteiger partial charge in [-0.15, -0.1) is 0 Å². The quantitative estimate of drug-likeness (QED) is 0.822. The van der Waals surface area contributed by atoms with Crippen LogP contribution in [0.4, 0.5) is 0 Å². The molecule has 3 atom stereocenters. The van der Waals surface area contributed by atoms with Gasteiger partial charge >= 0.3 is 0 Å². The standard InChI is InChI=1S/C14H20N2O3S/c1-4-9(2)12(13(15)17)16-14(18)10-5-7-11(8-6-10)20(3)19/h5-9,12H,4H2,1-3H3,(H2,15,17)(H,16,18). The molecule has 3 N–H and O–H groups in total. The molecule has 1 aromatic rings. The number of benzene rings is 1. The third-order valence-corrected chi connectivity index (χ3v) is 4.19. The Labute approximate surface area is 121 Å². The number of hydrogen-bond acceptors (Lipinski definition) is 3. The van der Waals surface area contributed by atoms with Crippen molar-refractivity contribution in [3.63, 3.8) is 0 Å². The molecule has 0 aliphatic rings. The second-order valence-corrected chi connectivity index (χ2v) is 6.10. The molecular formula is C14H20N2O3S. The van der Waals surface area contributed by atoms with Gasteiger partial charge in [0, 0.05) is 27.5 Å². The summed E-state index contributed by atoms with van der Waals surface area (Å²) >= 11 is 0. The first-order valence-electron chi connectivity index (χ1n) is 6.40. The number of carbonyl (C=O) groups excluding carboxylic acids is 2. The van der Waals surface area contributed by atoms with Crippen LogP contribution in [0.2, 0.25) is 0 Å². The van der Waals surface area contributed by atoms with E-state index in [4.69, 9.17) is 5.73 Å². The lowest BCUT2D eigenvalue weighted by Crippen LogP contribution is -2.48. The van der Waals surface area contributed by atoms with Crippen LogP contribution < -0.4 is 11.1 Å². The van der Waals surface area contributed by atoms with Crippen molar-refractivity contribution in [3.8, 4) is 0 Å². The molecule has 0 aromatic heterocycles. The Hall–Kier alpha value is -1.69. The Morgan fingerprint density at radius 1 is 1.30 bits per heavy atom. The van der Waals surface area contributed by atoms with Crippen LogP contribution in [0.3, 0.4) is 0 Å². The molecule has 0 aliphatic heterocycles. The predicted octanol–water partition coefficient (Wildman–Crippen LogP) is 1.05. The summed E-state index contributed by atoms with van der Waals surface area (Å²) in [7, 11) is -1.08. The van der Waals surface area contributed by atoms with Crippen molar-refractivity contribution in [2.24, 2.45) is 11.7 Å². The van der Waals surface area contributed by atoms with E-state index in [-0.39, 0.29) is 11.8 Å². The smallest absolute Gasteiger partial charge is 0.251 e. The summed E-state index contributed by atoms with van der Waals surface area (Å²) < 4.78 is 11.3. The lowest BCUT2D eigenvalue weighted by atomic mass is 9.98. The molecule has 0 saturated carbocycles. The Kier molecular flexibility index (Phi) is 5.88. The van der Waals surface area contributed by atoms with Gasteiger partial charge in [-0.1, -0.05) is 20.3 Å². The van der Waals surface area contributed by atoms with Crippen LogP contribution in [0.5, 0.6) is 0 Å². The van der Waals surface area contributed by atoms with Gasteiger partial charge in [0.15, 0.2) is 0 Å². The highest BCUT2D eigenvalue weighted by Crippen LogP contribution is 2.11. The van der Waals surface area contributed by atoms with Crippen molar-refractivity contribution < 1.29 is 13.8 Å². The Morgan fingerprint density at radius 2 is 1.85 bits per heavy atom. The molecule has 2 amide bonds. The zero-order valence-corrected chi connectivity index (χ0v) is 12.7. The van der Waals surface area contributed by atoms with Crippen LogP contribution in [0.1, 0.15) is 30.6 Å². The van der Waals surface area contributed by atoms with Gasteiger partial charge < -0.3 is 11.1 Å². The Bertz CT molecular complexity index is 514. The molecule has 5 nitrogen and oxygen atoms in total. The largest absolute Gasteiger partial charge is 0.368 e. The molecule has 0 saturated heterocycles. The molecule has 0 aliphatic carbocycles. The van der Waals surface area contributed by atoms with E-state index in [1.54, 1.807) is 30.5 Å². The van der Waals surface area contributed by atoms with E-state index >= 15 is 0 Å². The summed E-state index contributed by atoms with van der Waals surface area (Å²) in [5.41, 5.74) is 5.72. The van der Waals surface area contributed by atoms with E-state index in [1.165, 1.54) is 0 Å². The van der Waals surface area contributed by atoms with E-state index in [9.17, 15) is 13.8 Å². The Balaban J connectivity index is 2.83. The highest BCUT2D eigenvalue weighted by molar-refractivity contribution is 7.84. The molecule has 0 radical (unpaired) electrons. The number of carbonyl (C=O) groups is 2. The summed E-state index contributed by atoms with van der Waals surface area (Å²) in [6, 6.07) is 5.75. The summed E-state index contributed by atoms with van der Waals surface area (Å²) in [6.45, 7) is 3.79. The van der Waals surface area contributed by atoms with Crippen LogP contribution in [-0.4, -0.2) is 28.3 Å². The zero-order chi connectivity index (χ0) is 15.3. The lowest BCUT2D eigenvalue weighted by Gasteiger charge is -2.21. The first-order valence-corrected chi connectivity index (χ1v) is 7.96. The maximum Gasteiger partial charge on any atom is 0.251 e. The van der Waals surface area contributed by atoms with Crippen molar-refractivity contribution in [3.05, 3.63) is 29.8 Å². The molecule has 20 heavy (non-hydrogen) atoms. The van der Waals surface area contributed by atoms with Crippen molar-refractivity contribution in [1.82, 2.24) is 5.32 Å². The van der Waals surface area contributed by atoms with Gasteiger partial charge in [-0.3, -0.25) is 13.8 Å². The van der Waals surface area contributed by atoms with Crippen LogP contribution in [0.15, 0.2) is 29.2 Å². The van der Waals surface area contributed by atoms with Gasteiger partial charge in [0.25, 0.3) is 5.91 Å². The van der Waals surface area contributed by atoms with E-state index in [0.717, 1.165) is 6.42 Å². The molecule has 0 spiro atoms. The van der Waals surface area contributed by atoms with E-state index < -0.39 is 22.7 Å². The SMILES string of the molecule is CCC(C)C(NC(=O)c1ccc(S(C)=O)cc1)C(N)=O. The van der Waals surface area contributed by atoms with Crippen LogP contribution in [0.25, 0.3) is 0 Å². The highest BCUT2D eigenvalue weighted by atomic mass is 32.2. The maximum atomic E-state index is 12.1. The van der Waals surface area contributed by atoms with Crippen molar-refractivity contribution in [2.75, 3.05) is 6.26 Å². The number of amides is 2. The summed E-state index contributed by atoms with van der Waals surface area (Å²) in [4.78, 5) is 24.1. The third kappa shape index (κ3) is 4.16. The first-order chi connectivity index (χ1) is 9.36. The monoisotopic (exact) mass is 296 g/mol. The van der Waals surface area contributed by atoms with E-state index in [1.807, 2.05) is 13.8 Å². The van der Waals surface area contributed by atoms with Gasteiger partial charge in [0.2, 0.25) is 5.91 Å². The molecule has 0 fully saturated rings. The van der Waals surface area contributed by atoms with Gasteiger partial charge in [-0.2, -0.15) is 0 Å². The minimum absolute atomic E-state index is 0.0288. The van der Waals surface area contributed by atoms with Crippen LogP contribution >= 0.6 is 0 Å². The third-order valence-electron chi connectivity index (χ3n) is 3.25. The number of nitrogens with one attached hydrogen (secondary N) is 1. The van der Waals surface area contributed by atoms with Gasteiger partial charge in [-0.05, 0) is 30.2 Å². The molecule has 0 heterocycles. The fourth-order valence-corrected chi connectivity index (χ4v) is 2.27. The van der Waals surface area contributed by atoms with E-state index in [2.05, 4.69) is 5.32 Å². The summed E-state index contributed by atoms with van der Waals surface area (Å²) in [5.74, 6) is -0.930. The van der Waals surface area contributed by atoms with Gasteiger partial charge in [-0.25, -0.2) is 0 Å². The minimum Gasteiger partial charge on any atom is -0.368 e. The number of primary amides is 1. The summed E-state index contributed by atoms with van der Waals surface area (Å²) in [6.07, 6.45) is 2.31. The van der Waals surface area contributed by atoms with E-state index in [0.29, 0.717) is 10.5 Å². The maximum absolute atomic E-state index is 12.1. The zero-order valence-electron chi connectivity index (χ0n) is 11.9. The highest BCUT2D eigenvalue weighted by Gasteiger charge is 2.23. The number of rotatable bonds is 6. The average molecular weight is 296 g/mol. The second-order valence-electron chi connectivity index (χ2n) is 4.72. The average Bonchev–Trinajstić information content (AvgIpc) is 2.43. The normalized spacial score (nSPS) is 15.2. The fourth-order valence-electron chi connectivity index (χ4n) is 1.75. The molecular weight excluding hydrogens is 276 g/mol. The van der Waals surface area contributed by atoms with Crippen molar-refractivity contribution in [1.29, 1.82) is 0 Å². The van der Waals surface area contributed by atoms with Gasteiger partial charge in [0.1, 0.15) is 6.04 Å². The molecule has 110 valence electrons. The molecule has 0 bridgehead atoms. The topological polar surface area (TPSA) is 89.3 Å². The van der Waals surface area contributed by atoms with Crippen LogP contribution in [-0.2, 0) is 15.6 Å². The molecule has 3 unspecified atom stereocenters. The second kappa shape index (κ2) is 7.19. The Morgan fingerprint density at radius 3 is 2.25 bits per heavy atom. The van der Waals surface area contributed by atoms with Crippen LogP contribution in [0, 0.1) is 5.92 Å². The van der Waals surface area contributed by atoms with Gasteiger partial charge in [0.05, 0.1) is 0 Å². The number of hydrogen-bond donors (Lipinski definition) is 2. The number of nitrogens with two attached hydrogens (primary N) is 1. The van der Waals surface area contributed by atoms with Crippen molar-refractivity contribution >= 4 is 22.6 Å². The molecule has 6 heteroatoms. The predicted molar refractivity (Wildman–Crippen MR) is 78.7 cm³/mol. The molecule has 1 aromatic carbocycles. The first kappa shape index (κ1) is 16.4. The summed E-state index contributed by atoms with van der Waals surface area (Å²) in [5, 5.41) is 2.64. The fraction of sp³-hybridized carbons (Fsp3) is 0.429.